The average Bonchev–Trinajstić information content (AvgIpc) is 2.48. The van der Waals surface area contributed by atoms with Gasteiger partial charge in [0.25, 0.3) is 0 Å². The Hall–Kier alpha value is -2.67. The van der Waals surface area contributed by atoms with Crippen LogP contribution in [0.5, 0.6) is 0 Å². The van der Waals surface area contributed by atoms with Crippen LogP contribution in [0.15, 0.2) is 36.7 Å². The summed E-state index contributed by atoms with van der Waals surface area (Å²) in [5.74, 6) is 0.154. The van der Waals surface area contributed by atoms with E-state index in [-0.39, 0.29) is 5.56 Å². The van der Waals surface area contributed by atoms with E-state index in [9.17, 15) is 4.79 Å². The van der Waals surface area contributed by atoms with E-state index in [1.807, 2.05) is 0 Å². The average molecular weight is 288 g/mol. The molecule has 7 heteroatoms. The molecule has 1 aromatic heterocycles. The fourth-order valence-corrected chi connectivity index (χ4v) is 1.72. The predicted octanol–water partition coefficient (Wildman–Crippen LogP) is 1.98. The third-order valence-electron chi connectivity index (χ3n) is 2.70. The first-order chi connectivity index (χ1) is 10.2. The molecule has 0 unspecified atom stereocenters. The van der Waals surface area contributed by atoms with Crippen LogP contribution in [0.2, 0.25) is 0 Å². The maximum Gasteiger partial charge on any atom is 0.337 e. The molecule has 0 aliphatic heterocycles. The van der Waals surface area contributed by atoms with E-state index in [0.717, 1.165) is 0 Å². The van der Waals surface area contributed by atoms with Gasteiger partial charge in [0.15, 0.2) is 0 Å². The summed E-state index contributed by atoms with van der Waals surface area (Å²) in [7, 11) is 1.62. The van der Waals surface area contributed by atoms with E-state index >= 15 is 0 Å². The van der Waals surface area contributed by atoms with Gasteiger partial charge in [-0.25, -0.2) is 14.8 Å². The minimum absolute atomic E-state index is 0.185. The third kappa shape index (κ3) is 4.15. The number of nitrogens with one attached hydrogen (secondary N) is 2. The molecule has 0 aliphatic rings. The van der Waals surface area contributed by atoms with E-state index in [4.69, 9.17) is 9.84 Å². The molecule has 3 N–H and O–H groups in total. The van der Waals surface area contributed by atoms with Gasteiger partial charge in [-0.3, -0.25) is 0 Å². The number of hydrogen-bond acceptors (Lipinski definition) is 6. The summed E-state index contributed by atoms with van der Waals surface area (Å²) < 4.78 is 4.94. The molecule has 7 nitrogen and oxygen atoms in total. The van der Waals surface area contributed by atoms with Gasteiger partial charge in [0.05, 0.1) is 17.9 Å². The summed E-state index contributed by atoms with van der Waals surface area (Å²) in [6.07, 6.45) is 1.40. The lowest BCUT2D eigenvalue weighted by Gasteiger charge is -2.10. The van der Waals surface area contributed by atoms with Crippen LogP contribution in [-0.2, 0) is 4.74 Å². The molecule has 110 valence electrons. The standard InChI is InChI=1S/C14H16N4O3/c1-21-7-6-15-12-8-13(17-9-16-12)18-11-5-3-2-4-10(11)14(19)20/h2-5,8-9H,6-7H2,1H3,(H,19,20)(H2,15,16,17,18). The minimum Gasteiger partial charge on any atom is -0.478 e. The summed E-state index contributed by atoms with van der Waals surface area (Å²) >= 11 is 0. The number of carbonyl (C=O) groups is 1. The molecule has 0 bridgehead atoms. The lowest BCUT2D eigenvalue weighted by atomic mass is 10.2. The van der Waals surface area contributed by atoms with Crippen molar-refractivity contribution in [2.45, 2.75) is 0 Å². The van der Waals surface area contributed by atoms with Crippen molar-refractivity contribution in [2.24, 2.45) is 0 Å². The first-order valence-electron chi connectivity index (χ1n) is 6.35. The van der Waals surface area contributed by atoms with Crippen LogP contribution in [0.4, 0.5) is 17.3 Å². The van der Waals surface area contributed by atoms with Crippen LogP contribution in [0, 0.1) is 0 Å². The molecule has 2 rings (SSSR count). The zero-order chi connectivity index (χ0) is 15.1. The van der Waals surface area contributed by atoms with Crippen molar-refractivity contribution < 1.29 is 14.6 Å². The Bertz CT molecular complexity index is 619. The molecule has 0 saturated carbocycles. The maximum absolute atomic E-state index is 11.2. The highest BCUT2D eigenvalue weighted by atomic mass is 16.5. The fourth-order valence-electron chi connectivity index (χ4n) is 1.72. The number of aromatic carboxylic acids is 1. The number of rotatable bonds is 7. The topological polar surface area (TPSA) is 96.4 Å². The van der Waals surface area contributed by atoms with Gasteiger partial charge in [-0.15, -0.1) is 0 Å². The zero-order valence-corrected chi connectivity index (χ0v) is 11.5. The number of benzene rings is 1. The molecule has 0 saturated heterocycles. The molecule has 0 atom stereocenters. The summed E-state index contributed by atoms with van der Waals surface area (Å²) in [6.45, 7) is 1.19. The van der Waals surface area contributed by atoms with Crippen LogP contribution in [0.1, 0.15) is 10.4 Å². The number of aromatic nitrogens is 2. The summed E-state index contributed by atoms with van der Waals surface area (Å²) in [5.41, 5.74) is 0.663. The quantitative estimate of drug-likeness (QED) is 0.670. The van der Waals surface area contributed by atoms with Crippen molar-refractivity contribution in [3.8, 4) is 0 Å². The zero-order valence-electron chi connectivity index (χ0n) is 11.5. The lowest BCUT2D eigenvalue weighted by Crippen LogP contribution is -2.09. The molecule has 1 aromatic carbocycles. The van der Waals surface area contributed by atoms with Crippen LogP contribution in [-0.4, -0.2) is 41.3 Å². The first-order valence-corrected chi connectivity index (χ1v) is 6.35. The van der Waals surface area contributed by atoms with Crippen LogP contribution in [0.3, 0.4) is 0 Å². The Labute approximate surface area is 122 Å². The second-order valence-corrected chi connectivity index (χ2v) is 4.18. The second-order valence-electron chi connectivity index (χ2n) is 4.18. The molecular weight excluding hydrogens is 272 g/mol. The summed E-state index contributed by atoms with van der Waals surface area (Å²) in [4.78, 5) is 19.3. The molecule has 1 heterocycles. The van der Waals surface area contributed by atoms with E-state index in [1.165, 1.54) is 12.4 Å². The van der Waals surface area contributed by atoms with Gasteiger partial charge in [0.1, 0.15) is 18.0 Å². The van der Waals surface area contributed by atoms with Gasteiger partial charge >= 0.3 is 5.97 Å². The number of anilines is 3. The number of hydrogen-bond donors (Lipinski definition) is 3. The number of ether oxygens (including phenoxy) is 1. The highest BCUT2D eigenvalue weighted by Gasteiger charge is 2.09. The first kappa shape index (κ1) is 14.7. The SMILES string of the molecule is COCCNc1cc(Nc2ccccc2C(=O)O)ncn1. The Morgan fingerprint density at radius 3 is 2.81 bits per heavy atom. The van der Waals surface area contributed by atoms with Crippen LogP contribution < -0.4 is 10.6 Å². The highest BCUT2D eigenvalue weighted by molar-refractivity contribution is 5.95. The fraction of sp³-hybridized carbons (Fsp3) is 0.214. The van der Waals surface area contributed by atoms with Crippen molar-refractivity contribution in [3.05, 3.63) is 42.2 Å². The number of carboxylic acid groups (broad SMARTS) is 1. The second kappa shape index (κ2) is 7.20. The number of carboxylic acids is 1. The van der Waals surface area contributed by atoms with Gasteiger partial charge in [0.2, 0.25) is 0 Å². The molecule has 0 spiro atoms. The monoisotopic (exact) mass is 288 g/mol. The van der Waals surface area contributed by atoms with Crippen molar-refractivity contribution in [1.82, 2.24) is 9.97 Å². The van der Waals surface area contributed by atoms with Crippen molar-refractivity contribution in [3.63, 3.8) is 0 Å². The lowest BCUT2D eigenvalue weighted by molar-refractivity contribution is 0.0698. The van der Waals surface area contributed by atoms with Crippen molar-refractivity contribution in [1.29, 1.82) is 0 Å². The Balaban J connectivity index is 2.13. The smallest absolute Gasteiger partial charge is 0.337 e. The number of nitrogens with zero attached hydrogens (tertiary/aromatic N) is 2. The van der Waals surface area contributed by atoms with E-state index < -0.39 is 5.97 Å². The molecule has 21 heavy (non-hydrogen) atoms. The van der Waals surface area contributed by atoms with Gasteiger partial charge in [-0.05, 0) is 12.1 Å². The molecule has 0 amide bonds. The molecule has 0 radical (unpaired) electrons. The van der Waals surface area contributed by atoms with Crippen LogP contribution in [0.25, 0.3) is 0 Å². The Morgan fingerprint density at radius 1 is 1.29 bits per heavy atom. The number of para-hydroxylation sites is 1. The predicted molar refractivity (Wildman–Crippen MR) is 79.1 cm³/mol. The van der Waals surface area contributed by atoms with E-state index in [0.29, 0.717) is 30.5 Å². The largest absolute Gasteiger partial charge is 0.478 e. The maximum atomic E-state index is 11.2. The normalized spacial score (nSPS) is 10.1. The van der Waals surface area contributed by atoms with Crippen molar-refractivity contribution in [2.75, 3.05) is 30.9 Å². The van der Waals surface area contributed by atoms with Gasteiger partial charge in [-0.2, -0.15) is 0 Å². The molecular formula is C14H16N4O3. The Morgan fingerprint density at radius 2 is 2.05 bits per heavy atom. The molecule has 2 aromatic rings. The summed E-state index contributed by atoms with van der Waals surface area (Å²) in [6, 6.07) is 8.35. The van der Waals surface area contributed by atoms with E-state index in [2.05, 4.69) is 20.6 Å². The van der Waals surface area contributed by atoms with Gasteiger partial charge in [0, 0.05) is 19.7 Å². The van der Waals surface area contributed by atoms with Gasteiger partial charge in [-0.1, -0.05) is 12.1 Å². The third-order valence-corrected chi connectivity index (χ3v) is 2.70. The van der Waals surface area contributed by atoms with Crippen LogP contribution >= 0.6 is 0 Å². The Kier molecular flexibility index (Phi) is 5.05. The van der Waals surface area contributed by atoms with E-state index in [1.54, 1.807) is 31.4 Å². The molecule has 0 aliphatic carbocycles. The number of methoxy groups -OCH3 is 1. The molecule has 0 fully saturated rings. The minimum atomic E-state index is -0.995. The highest BCUT2D eigenvalue weighted by Crippen LogP contribution is 2.20. The summed E-state index contributed by atoms with van der Waals surface area (Å²) in [5, 5.41) is 15.2. The van der Waals surface area contributed by atoms with Gasteiger partial charge < -0.3 is 20.5 Å². The van der Waals surface area contributed by atoms with Crippen molar-refractivity contribution >= 4 is 23.3 Å².